The number of rotatable bonds is 4. The lowest BCUT2D eigenvalue weighted by Crippen LogP contribution is -2.01. The van der Waals surface area contributed by atoms with Crippen molar-refractivity contribution in [3.05, 3.63) is 58.4 Å². The fourth-order valence-electron chi connectivity index (χ4n) is 2.19. The molecule has 4 nitrogen and oxygen atoms in total. The maximum absolute atomic E-state index is 11.8. The summed E-state index contributed by atoms with van der Waals surface area (Å²) < 4.78 is 7.04. The smallest absolute Gasteiger partial charge is 0.331 e. The third-order valence-corrected chi connectivity index (χ3v) is 3.41. The van der Waals surface area contributed by atoms with Gasteiger partial charge in [0.15, 0.2) is 0 Å². The van der Waals surface area contributed by atoms with Crippen LogP contribution in [0.25, 0.3) is 6.08 Å². The molecule has 1 aromatic heterocycles. The molecule has 110 valence electrons. The maximum Gasteiger partial charge on any atom is 0.331 e. The summed E-state index contributed by atoms with van der Waals surface area (Å²) in [6, 6.07) is 7.92. The first kappa shape index (κ1) is 15.0. The molecule has 0 amide bonds. The molecule has 0 bridgehead atoms. The van der Waals surface area contributed by atoms with Crippen LogP contribution in [0.5, 0.6) is 0 Å². The summed E-state index contributed by atoms with van der Waals surface area (Å²) in [5.74, 6) is -0.348. The second-order valence-corrected chi connectivity index (χ2v) is 5.14. The lowest BCUT2D eigenvalue weighted by Gasteiger charge is -2.03. The third-order valence-electron chi connectivity index (χ3n) is 3.41. The molecule has 0 aliphatic rings. The van der Waals surface area contributed by atoms with E-state index in [1.807, 2.05) is 52.1 Å². The SMILES string of the molecule is Cc1cccc(COC(=O)/C=C/c2c(C)nn(C)c2C)c1. The number of ether oxygens (including phenoxy) is 1. The minimum absolute atomic E-state index is 0.288. The summed E-state index contributed by atoms with van der Waals surface area (Å²) in [7, 11) is 1.88. The summed E-state index contributed by atoms with van der Waals surface area (Å²) in [6.07, 6.45) is 3.21. The van der Waals surface area contributed by atoms with Gasteiger partial charge in [-0.15, -0.1) is 0 Å². The van der Waals surface area contributed by atoms with Crippen molar-refractivity contribution in [2.75, 3.05) is 0 Å². The van der Waals surface area contributed by atoms with E-state index in [4.69, 9.17) is 4.74 Å². The Bertz CT molecular complexity index is 684. The molecular formula is C17H20N2O2. The van der Waals surface area contributed by atoms with Crippen molar-refractivity contribution in [1.29, 1.82) is 0 Å². The van der Waals surface area contributed by atoms with Gasteiger partial charge >= 0.3 is 5.97 Å². The van der Waals surface area contributed by atoms with Crippen molar-refractivity contribution in [3.8, 4) is 0 Å². The number of aromatic nitrogens is 2. The zero-order valence-corrected chi connectivity index (χ0v) is 12.9. The Kier molecular flexibility index (Phi) is 4.58. The summed E-state index contributed by atoms with van der Waals surface area (Å²) >= 11 is 0. The minimum atomic E-state index is -0.348. The van der Waals surface area contributed by atoms with Crippen molar-refractivity contribution >= 4 is 12.0 Å². The van der Waals surface area contributed by atoms with Crippen molar-refractivity contribution in [3.63, 3.8) is 0 Å². The van der Waals surface area contributed by atoms with Crippen molar-refractivity contribution in [2.45, 2.75) is 27.4 Å². The number of benzene rings is 1. The van der Waals surface area contributed by atoms with Gasteiger partial charge in [-0.3, -0.25) is 4.68 Å². The quantitative estimate of drug-likeness (QED) is 0.640. The molecule has 0 N–H and O–H groups in total. The molecule has 0 saturated heterocycles. The van der Waals surface area contributed by atoms with Crippen LogP contribution in [0.1, 0.15) is 28.1 Å². The molecule has 0 aliphatic carbocycles. The lowest BCUT2D eigenvalue weighted by atomic mass is 10.1. The van der Waals surface area contributed by atoms with Crippen LogP contribution in [-0.4, -0.2) is 15.7 Å². The van der Waals surface area contributed by atoms with Gasteiger partial charge < -0.3 is 4.74 Å². The number of esters is 1. The Hall–Kier alpha value is -2.36. The van der Waals surface area contributed by atoms with Gasteiger partial charge in [-0.05, 0) is 32.4 Å². The Morgan fingerprint density at radius 2 is 2.10 bits per heavy atom. The molecule has 0 spiro atoms. The van der Waals surface area contributed by atoms with Gasteiger partial charge in [-0.25, -0.2) is 4.79 Å². The van der Waals surface area contributed by atoms with Crippen LogP contribution in [0.4, 0.5) is 0 Å². The molecule has 0 radical (unpaired) electrons. The fraction of sp³-hybridized carbons (Fsp3) is 0.294. The van der Waals surface area contributed by atoms with Gasteiger partial charge in [-0.1, -0.05) is 29.8 Å². The van der Waals surface area contributed by atoms with Crippen molar-refractivity contribution < 1.29 is 9.53 Å². The predicted molar refractivity (Wildman–Crippen MR) is 82.7 cm³/mol. The average molecular weight is 284 g/mol. The van der Waals surface area contributed by atoms with Crippen LogP contribution >= 0.6 is 0 Å². The summed E-state index contributed by atoms with van der Waals surface area (Å²) in [6.45, 7) is 6.19. The first-order valence-corrected chi connectivity index (χ1v) is 6.88. The Morgan fingerprint density at radius 1 is 1.33 bits per heavy atom. The summed E-state index contributed by atoms with van der Waals surface area (Å²) in [4.78, 5) is 11.8. The number of aryl methyl sites for hydroxylation is 3. The summed E-state index contributed by atoms with van der Waals surface area (Å²) in [5, 5.41) is 4.31. The molecule has 4 heteroatoms. The van der Waals surface area contributed by atoms with Crippen LogP contribution < -0.4 is 0 Å². The molecule has 0 saturated carbocycles. The molecule has 1 aromatic carbocycles. The Labute approximate surface area is 125 Å². The Morgan fingerprint density at radius 3 is 2.71 bits per heavy atom. The van der Waals surface area contributed by atoms with E-state index >= 15 is 0 Å². The molecule has 0 fully saturated rings. The van der Waals surface area contributed by atoms with Crippen molar-refractivity contribution in [1.82, 2.24) is 9.78 Å². The standard InChI is InChI=1S/C17H20N2O2/c1-12-6-5-7-15(10-12)11-21-17(20)9-8-16-13(2)18-19(4)14(16)3/h5-10H,11H2,1-4H3/b9-8+. The maximum atomic E-state index is 11.8. The fourth-order valence-corrected chi connectivity index (χ4v) is 2.19. The van der Waals surface area contributed by atoms with E-state index in [1.54, 1.807) is 10.8 Å². The monoisotopic (exact) mass is 284 g/mol. The van der Waals surface area contributed by atoms with E-state index < -0.39 is 0 Å². The number of nitrogens with zero attached hydrogens (tertiary/aromatic N) is 2. The van der Waals surface area contributed by atoms with Crippen LogP contribution in [-0.2, 0) is 23.2 Å². The predicted octanol–water partition coefficient (Wildman–Crippen LogP) is 3.10. The van der Waals surface area contributed by atoms with E-state index in [9.17, 15) is 4.79 Å². The molecule has 0 atom stereocenters. The highest BCUT2D eigenvalue weighted by atomic mass is 16.5. The molecule has 2 rings (SSSR count). The van der Waals surface area contributed by atoms with Gasteiger partial charge in [0.2, 0.25) is 0 Å². The summed E-state index contributed by atoms with van der Waals surface area (Å²) in [5.41, 5.74) is 5.03. The molecule has 2 aromatic rings. The zero-order chi connectivity index (χ0) is 15.4. The lowest BCUT2D eigenvalue weighted by molar-refractivity contribution is -0.138. The van der Waals surface area contributed by atoms with Crippen LogP contribution in [0.15, 0.2) is 30.3 Å². The van der Waals surface area contributed by atoms with Gasteiger partial charge in [0.05, 0.1) is 5.69 Å². The van der Waals surface area contributed by atoms with Crippen LogP contribution in [0, 0.1) is 20.8 Å². The second kappa shape index (κ2) is 6.39. The normalized spacial score (nSPS) is 11.0. The Balaban J connectivity index is 1.97. The van der Waals surface area contributed by atoms with E-state index in [-0.39, 0.29) is 12.6 Å². The van der Waals surface area contributed by atoms with Gasteiger partial charge in [-0.2, -0.15) is 5.10 Å². The highest BCUT2D eigenvalue weighted by Gasteiger charge is 2.07. The average Bonchev–Trinajstić information content (AvgIpc) is 2.68. The largest absolute Gasteiger partial charge is 0.458 e. The highest BCUT2D eigenvalue weighted by molar-refractivity contribution is 5.87. The first-order chi connectivity index (χ1) is 9.97. The van der Waals surface area contributed by atoms with E-state index in [1.165, 1.54) is 6.08 Å². The van der Waals surface area contributed by atoms with Crippen LogP contribution in [0.3, 0.4) is 0 Å². The second-order valence-electron chi connectivity index (χ2n) is 5.14. The molecular weight excluding hydrogens is 264 g/mol. The van der Waals surface area contributed by atoms with Crippen molar-refractivity contribution in [2.24, 2.45) is 7.05 Å². The third kappa shape index (κ3) is 3.81. The molecule has 1 heterocycles. The van der Waals surface area contributed by atoms with Gasteiger partial charge in [0.1, 0.15) is 6.61 Å². The van der Waals surface area contributed by atoms with E-state index in [0.29, 0.717) is 0 Å². The molecule has 21 heavy (non-hydrogen) atoms. The van der Waals surface area contributed by atoms with Gasteiger partial charge in [0, 0.05) is 24.4 Å². The number of hydrogen-bond acceptors (Lipinski definition) is 3. The minimum Gasteiger partial charge on any atom is -0.458 e. The first-order valence-electron chi connectivity index (χ1n) is 6.88. The zero-order valence-electron chi connectivity index (χ0n) is 12.9. The van der Waals surface area contributed by atoms with Gasteiger partial charge in [0.25, 0.3) is 0 Å². The number of hydrogen-bond donors (Lipinski definition) is 0. The number of carbonyl (C=O) groups is 1. The number of carbonyl (C=O) groups excluding carboxylic acids is 1. The van der Waals surface area contributed by atoms with E-state index in [0.717, 1.165) is 28.1 Å². The molecule has 0 aliphatic heterocycles. The molecule has 0 unspecified atom stereocenters. The van der Waals surface area contributed by atoms with E-state index in [2.05, 4.69) is 5.10 Å². The highest BCUT2D eigenvalue weighted by Crippen LogP contribution is 2.13. The topological polar surface area (TPSA) is 44.1 Å². The van der Waals surface area contributed by atoms with Crippen LogP contribution in [0.2, 0.25) is 0 Å².